The van der Waals surface area contributed by atoms with Crippen molar-refractivity contribution in [3.05, 3.63) is 30.0 Å². The first-order valence-corrected chi connectivity index (χ1v) is 12.7. The summed E-state index contributed by atoms with van der Waals surface area (Å²) in [5, 5.41) is 5.46. The number of aryl methyl sites for hydroxylation is 2. The van der Waals surface area contributed by atoms with Crippen molar-refractivity contribution >= 4 is 34.1 Å². The van der Waals surface area contributed by atoms with E-state index in [-0.39, 0.29) is 19.5 Å². The maximum absolute atomic E-state index is 14.4. The predicted molar refractivity (Wildman–Crippen MR) is 138 cm³/mol. The number of ether oxygens (including phenoxy) is 2. The number of rotatable bonds is 6. The predicted octanol–water partition coefficient (Wildman–Crippen LogP) is 3.00. The minimum Gasteiger partial charge on any atom is -0.494 e. The molecule has 2 atom stereocenters. The van der Waals surface area contributed by atoms with E-state index in [1.54, 1.807) is 19.2 Å². The van der Waals surface area contributed by atoms with Gasteiger partial charge >= 0.3 is 6.09 Å². The number of piperidine rings is 1. The molecule has 11 nitrogen and oxygen atoms in total. The summed E-state index contributed by atoms with van der Waals surface area (Å²) in [7, 11) is 5.41. The van der Waals surface area contributed by atoms with Crippen molar-refractivity contribution < 1.29 is 23.5 Å². The van der Waals surface area contributed by atoms with Crippen LogP contribution in [0.5, 0.6) is 5.75 Å². The molecular weight excluding hydrogens is 493 g/mol. The van der Waals surface area contributed by atoms with Gasteiger partial charge in [-0.3, -0.25) is 9.48 Å². The van der Waals surface area contributed by atoms with Crippen molar-refractivity contribution in [3.8, 4) is 17.3 Å². The zero-order valence-corrected chi connectivity index (χ0v) is 21.6. The van der Waals surface area contributed by atoms with Gasteiger partial charge in [0.2, 0.25) is 0 Å². The van der Waals surface area contributed by atoms with Crippen molar-refractivity contribution in [2.24, 2.45) is 25.7 Å². The van der Waals surface area contributed by atoms with Crippen LogP contribution in [0.4, 0.5) is 9.18 Å². The Morgan fingerprint density at radius 2 is 1.97 bits per heavy atom. The van der Waals surface area contributed by atoms with Crippen LogP contribution in [0.3, 0.4) is 0 Å². The van der Waals surface area contributed by atoms with Gasteiger partial charge in [-0.15, -0.1) is 0 Å². The average molecular weight is 524 g/mol. The average Bonchev–Trinajstić information content (AvgIpc) is 3.39. The van der Waals surface area contributed by atoms with Gasteiger partial charge in [0, 0.05) is 38.0 Å². The first-order chi connectivity index (χ1) is 18.2. The van der Waals surface area contributed by atoms with E-state index < -0.39 is 24.3 Å². The Labute approximate surface area is 217 Å². The third-order valence-electron chi connectivity index (χ3n) is 7.47. The highest BCUT2D eigenvalue weighted by Crippen LogP contribution is 2.38. The normalized spacial score (nSPS) is 19.8. The number of hydrogen-bond acceptors (Lipinski definition) is 6. The van der Waals surface area contributed by atoms with Gasteiger partial charge < -0.3 is 29.2 Å². The lowest BCUT2D eigenvalue weighted by atomic mass is 10.0. The maximum Gasteiger partial charge on any atom is 0.404 e. The number of nitrogens with zero attached hydrogens (tertiary/aromatic N) is 6. The van der Waals surface area contributed by atoms with Crippen LogP contribution >= 0.6 is 0 Å². The van der Waals surface area contributed by atoms with Crippen molar-refractivity contribution in [2.75, 3.05) is 20.2 Å². The highest BCUT2D eigenvalue weighted by molar-refractivity contribution is 6.00. The number of halogens is 1. The van der Waals surface area contributed by atoms with Gasteiger partial charge in [-0.2, -0.15) is 5.10 Å². The van der Waals surface area contributed by atoms with E-state index in [1.807, 2.05) is 29.5 Å². The Bertz CT molecular complexity index is 1570. The van der Waals surface area contributed by atoms with E-state index in [9.17, 15) is 14.0 Å². The quantitative estimate of drug-likeness (QED) is 0.415. The topological polar surface area (TPSA) is 122 Å². The van der Waals surface area contributed by atoms with Gasteiger partial charge in [-0.25, -0.2) is 14.2 Å². The number of amides is 2. The summed E-state index contributed by atoms with van der Waals surface area (Å²) in [5.41, 5.74) is 8.77. The molecule has 200 valence electrons. The second-order valence-corrected chi connectivity index (χ2v) is 10.3. The van der Waals surface area contributed by atoms with E-state index >= 15 is 0 Å². The van der Waals surface area contributed by atoms with E-state index in [1.165, 1.54) is 17.7 Å². The molecule has 0 unspecified atom stereocenters. The Hall–Kier alpha value is -4.09. The smallest absolute Gasteiger partial charge is 0.404 e. The fourth-order valence-corrected chi connectivity index (χ4v) is 5.56. The van der Waals surface area contributed by atoms with Crippen LogP contribution in [-0.4, -0.2) is 73.3 Å². The molecule has 1 aromatic carbocycles. The molecule has 3 aromatic heterocycles. The van der Waals surface area contributed by atoms with Crippen LogP contribution in [-0.2, 0) is 25.4 Å². The molecule has 1 aliphatic heterocycles. The van der Waals surface area contributed by atoms with Crippen molar-refractivity contribution in [1.82, 2.24) is 28.8 Å². The zero-order chi connectivity index (χ0) is 26.7. The minimum atomic E-state index is -1.33. The molecule has 6 rings (SSSR count). The molecule has 2 fully saturated rings. The molecule has 38 heavy (non-hydrogen) atoms. The number of carbonyl (C=O) groups excluding carboxylic acids is 2. The first-order valence-electron chi connectivity index (χ1n) is 12.7. The van der Waals surface area contributed by atoms with Crippen LogP contribution in [0, 0.1) is 5.92 Å². The highest BCUT2D eigenvalue weighted by Gasteiger charge is 2.33. The molecule has 0 bridgehead atoms. The van der Waals surface area contributed by atoms with Gasteiger partial charge in [0.25, 0.3) is 5.91 Å². The van der Waals surface area contributed by atoms with Gasteiger partial charge in [0.05, 0.1) is 37.6 Å². The molecule has 2 aliphatic rings. The summed E-state index contributed by atoms with van der Waals surface area (Å²) in [4.78, 5) is 30.9. The lowest BCUT2D eigenvalue weighted by molar-refractivity contribution is 0.0133. The number of alkyl halides is 1. The molecule has 12 heteroatoms. The number of carbonyl (C=O) groups is 2. The van der Waals surface area contributed by atoms with Gasteiger partial charge in [-0.05, 0) is 37.0 Å². The van der Waals surface area contributed by atoms with Crippen LogP contribution < -0.4 is 10.5 Å². The lowest BCUT2D eigenvalue weighted by Gasteiger charge is -2.34. The van der Waals surface area contributed by atoms with Crippen molar-refractivity contribution in [2.45, 2.75) is 38.1 Å². The molecular formula is C26H30FN7O4. The number of aromatic nitrogens is 5. The number of methoxy groups -OCH3 is 1. The van der Waals surface area contributed by atoms with Crippen LogP contribution in [0.2, 0.25) is 0 Å². The summed E-state index contributed by atoms with van der Waals surface area (Å²) >= 11 is 0. The summed E-state index contributed by atoms with van der Waals surface area (Å²) in [6.45, 7) is 0.849. The van der Waals surface area contributed by atoms with Gasteiger partial charge in [0.1, 0.15) is 29.2 Å². The number of hydrogen-bond donors (Lipinski definition) is 1. The Balaban J connectivity index is 1.41. The maximum atomic E-state index is 14.4. The van der Waals surface area contributed by atoms with Crippen molar-refractivity contribution in [3.63, 3.8) is 0 Å². The van der Waals surface area contributed by atoms with Crippen LogP contribution in [0.1, 0.15) is 29.6 Å². The molecule has 1 saturated carbocycles. The number of nitrogens with two attached hydrogens (primary N) is 1. The lowest BCUT2D eigenvalue weighted by Crippen LogP contribution is -2.49. The molecule has 4 aromatic rings. The molecule has 0 radical (unpaired) electrons. The number of likely N-dealkylation sites (tertiary alicyclic amines) is 1. The third kappa shape index (κ3) is 4.13. The largest absolute Gasteiger partial charge is 0.494 e. The third-order valence-corrected chi connectivity index (χ3v) is 7.47. The molecule has 1 saturated heterocycles. The standard InChI is InChI=1S/C26H30FN7O4/c1-31-22-19(30-23(31)20-7-16-10-29-32(2)24(16)34(20)11-14-4-5-14)6-15(8-21(22)37-3)25(35)33-12-17(27)9-18(13-33)38-26(28)36/h6-8,10,14,17-18H,4-5,9,11-13H2,1-3H3,(H2,28,36)/t17-,18-/m1/s1. The van der Waals surface area contributed by atoms with Gasteiger partial charge in [-0.1, -0.05) is 0 Å². The highest BCUT2D eigenvalue weighted by atomic mass is 19.1. The SMILES string of the molecule is COc1cc(C(=O)N2C[C@H](F)C[C@@H](OC(N)=O)C2)cc2nc(-c3cc4cnn(C)c4n3CC3CC3)n(C)c12. The molecule has 0 spiro atoms. The Morgan fingerprint density at radius 1 is 1.18 bits per heavy atom. The fraction of sp³-hybridized carbons (Fsp3) is 0.462. The second kappa shape index (κ2) is 9.03. The molecule has 2 amide bonds. The van der Waals surface area contributed by atoms with Crippen molar-refractivity contribution in [1.29, 1.82) is 0 Å². The molecule has 1 aliphatic carbocycles. The summed E-state index contributed by atoms with van der Waals surface area (Å²) in [6, 6.07) is 5.44. The van der Waals surface area contributed by atoms with Gasteiger partial charge in [0.15, 0.2) is 5.82 Å². The van der Waals surface area contributed by atoms with Crippen LogP contribution in [0.25, 0.3) is 33.6 Å². The molecule has 4 heterocycles. The summed E-state index contributed by atoms with van der Waals surface area (Å²) < 4.78 is 31.2. The minimum absolute atomic E-state index is 0.00303. The van der Waals surface area contributed by atoms with Crippen LogP contribution in [0.15, 0.2) is 24.4 Å². The van der Waals surface area contributed by atoms with E-state index in [4.69, 9.17) is 20.2 Å². The number of primary amides is 1. The number of fused-ring (bicyclic) bond motifs is 2. The Kier molecular flexibility index (Phi) is 5.77. The monoisotopic (exact) mass is 523 g/mol. The molecule has 2 N–H and O–H groups in total. The first kappa shape index (κ1) is 24.3. The number of benzene rings is 1. The second-order valence-electron chi connectivity index (χ2n) is 10.3. The van der Waals surface area contributed by atoms with E-state index in [0.717, 1.165) is 34.6 Å². The summed E-state index contributed by atoms with van der Waals surface area (Å²) in [5.74, 6) is 1.47. The van der Waals surface area contributed by atoms with E-state index in [0.29, 0.717) is 22.7 Å². The Morgan fingerprint density at radius 3 is 2.68 bits per heavy atom. The summed E-state index contributed by atoms with van der Waals surface area (Å²) in [6.07, 6.45) is 1.16. The number of imidazole rings is 1. The zero-order valence-electron chi connectivity index (χ0n) is 21.6. The van der Waals surface area contributed by atoms with E-state index in [2.05, 4.69) is 15.7 Å². The fourth-order valence-electron chi connectivity index (χ4n) is 5.56.